The second-order valence-electron chi connectivity index (χ2n) is 8.55. The predicted octanol–water partition coefficient (Wildman–Crippen LogP) is 6.52. The van der Waals surface area contributed by atoms with Crippen LogP contribution < -0.4 is 9.80 Å². The van der Waals surface area contributed by atoms with Gasteiger partial charge in [0.05, 0.1) is 22.7 Å². The summed E-state index contributed by atoms with van der Waals surface area (Å²) < 4.78 is 0. The molecule has 0 aliphatic carbocycles. The zero-order chi connectivity index (χ0) is 24.7. The molecule has 180 valence electrons. The lowest BCUT2D eigenvalue weighted by molar-refractivity contribution is 0.152. The van der Waals surface area contributed by atoms with Crippen LogP contribution in [0.2, 0.25) is 0 Å². The minimum atomic E-state index is -0.0949. The average molecular weight is 477 g/mol. The Labute approximate surface area is 211 Å². The third-order valence-electron chi connectivity index (χ3n) is 6.26. The molecule has 4 aromatic rings. The number of urea groups is 2. The zero-order valence-corrected chi connectivity index (χ0v) is 20.0. The predicted molar refractivity (Wildman–Crippen MR) is 144 cm³/mol. The number of anilines is 4. The maximum absolute atomic E-state index is 13.7. The van der Waals surface area contributed by atoms with Gasteiger partial charge in [-0.05, 0) is 48.5 Å². The fraction of sp³-hybridized carbons (Fsp3) is 0.133. The quantitative estimate of drug-likeness (QED) is 0.337. The minimum absolute atomic E-state index is 0.0949. The third kappa shape index (κ3) is 4.93. The molecular formula is C30H28N4O2. The molecule has 1 fully saturated rings. The molecular weight excluding hydrogens is 448 g/mol. The molecule has 0 spiro atoms. The van der Waals surface area contributed by atoms with E-state index < -0.39 is 0 Å². The Bertz CT molecular complexity index is 1090. The molecule has 0 bridgehead atoms. The molecule has 0 radical (unpaired) electrons. The van der Waals surface area contributed by atoms with Crippen molar-refractivity contribution in [2.45, 2.75) is 0 Å². The van der Waals surface area contributed by atoms with Crippen molar-refractivity contribution < 1.29 is 9.59 Å². The highest BCUT2D eigenvalue weighted by atomic mass is 16.2. The monoisotopic (exact) mass is 476 g/mol. The van der Waals surface area contributed by atoms with Gasteiger partial charge in [-0.3, -0.25) is 9.80 Å². The molecule has 6 heteroatoms. The lowest BCUT2D eigenvalue weighted by Crippen LogP contribution is -2.55. The van der Waals surface area contributed by atoms with E-state index >= 15 is 0 Å². The third-order valence-corrected chi connectivity index (χ3v) is 6.26. The average Bonchev–Trinajstić information content (AvgIpc) is 2.96. The van der Waals surface area contributed by atoms with Gasteiger partial charge in [-0.2, -0.15) is 0 Å². The number of hydrogen-bond donors (Lipinski definition) is 0. The van der Waals surface area contributed by atoms with Crippen LogP contribution in [0, 0.1) is 0 Å². The number of para-hydroxylation sites is 4. The summed E-state index contributed by atoms with van der Waals surface area (Å²) >= 11 is 0. The molecule has 4 aromatic carbocycles. The van der Waals surface area contributed by atoms with Gasteiger partial charge in [0.2, 0.25) is 0 Å². The molecule has 0 N–H and O–H groups in total. The normalized spacial score (nSPS) is 13.2. The summed E-state index contributed by atoms with van der Waals surface area (Å²) in [5, 5.41) is 0. The number of benzene rings is 4. The van der Waals surface area contributed by atoms with Crippen LogP contribution in [0.4, 0.5) is 32.3 Å². The van der Waals surface area contributed by atoms with Gasteiger partial charge in [0.1, 0.15) is 0 Å². The highest BCUT2D eigenvalue weighted by molar-refractivity contribution is 6.01. The summed E-state index contributed by atoms with van der Waals surface area (Å²) in [5.74, 6) is 0. The standard InChI is InChI=1S/C30H28N4O2/c35-29(33(25-13-5-1-6-14-25)26-15-7-2-8-16-26)31-21-23-32(24-22-31)30(36)34(27-17-9-3-10-18-27)28-19-11-4-12-20-28/h1-20H,21-24H2. The first-order valence-electron chi connectivity index (χ1n) is 12.1. The van der Waals surface area contributed by atoms with E-state index in [4.69, 9.17) is 0 Å². The van der Waals surface area contributed by atoms with E-state index in [9.17, 15) is 9.59 Å². The Morgan fingerprint density at radius 2 is 0.639 bits per heavy atom. The Morgan fingerprint density at radius 3 is 0.861 bits per heavy atom. The first kappa shape index (κ1) is 23.2. The molecule has 1 saturated heterocycles. The van der Waals surface area contributed by atoms with Crippen LogP contribution in [-0.2, 0) is 0 Å². The Kier molecular flexibility index (Phi) is 6.94. The number of nitrogens with zero attached hydrogens (tertiary/aromatic N) is 4. The number of carbonyl (C=O) groups excluding carboxylic acids is 2. The van der Waals surface area contributed by atoms with Crippen molar-refractivity contribution in [3.8, 4) is 0 Å². The summed E-state index contributed by atoms with van der Waals surface area (Å²) in [4.78, 5) is 34.5. The lowest BCUT2D eigenvalue weighted by Gasteiger charge is -2.39. The summed E-state index contributed by atoms with van der Waals surface area (Å²) in [7, 11) is 0. The fourth-order valence-corrected chi connectivity index (χ4v) is 4.42. The van der Waals surface area contributed by atoms with Gasteiger partial charge in [0, 0.05) is 26.2 Å². The van der Waals surface area contributed by atoms with E-state index in [1.807, 2.05) is 131 Å². The SMILES string of the molecule is O=C(N1CCN(C(=O)N(c2ccccc2)c2ccccc2)CC1)N(c1ccccc1)c1ccccc1. The van der Waals surface area contributed by atoms with Gasteiger partial charge in [-0.15, -0.1) is 0 Å². The molecule has 5 rings (SSSR count). The van der Waals surface area contributed by atoms with Gasteiger partial charge >= 0.3 is 12.1 Å². The van der Waals surface area contributed by atoms with Crippen molar-refractivity contribution in [3.63, 3.8) is 0 Å². The maximum atomic E-state index is 13.7. The molecule has 1 aliphatic rings. The van der Waals surface area contributed by atoms with Crippen LogP contribution >= 0.6 is 0 Å². The van der Waals surface area contributed by atoms with E-state index in [0.717, 1.165) is 22.7 Å². The fourth-order valence-electron chi connectivity index (χ4n) is 4.42. The van der Waals surface area contributed by atoms with E-state index in [1.165, 1.54) is 0 Å². The van der Waals surface area contributed by atoms with E-state index in [2.05, 4.69) is 0 Å². The molecule has 36 heavy (non-hydrogen) atoms. The van der Waals surface area contributed by atoms with Gasteiger partial charge in [-0.25, -0.2) is 9.59 Å². The zero-order valence-electron chi connectivity index (χ0n) is 20.0. The molecule has 0 atom stereocenters. The Morgan fingerprint density at radius 1 is 0.417 bits per heavy atom. The molecule has 0 aromatic heterocycles. The number of piperazine rings is 1. The maximum Gasteiger partial charge on any atom is 0.329 e. The molecule has 4 amide bonds. The van der Waals surface area contributed by atoms with Crippen molar-refractivity contribution in [2.24, 2.45) is 0 Å². The Hall–Kier alpha value is -4.58. The van der Waals surface area contributed by atoms with Crippen LogP contribution in [-0.4, -0.2) is 48.0 Å². The second-order valence-corrected chi connectivity index (χ2v) is 8.55. The van der Waals surface area contributed by atoms with Crippen LogP contribution in [0.5, 0.6) is 0 Å². The van der Waals surface area contributed by atoms with Crippen molar-refractivity contribution in [1.29, 1.82) is 0 Å². The minimum Gasteiger partial charge on any atom is -0.320 e. The smallest absolute Gasteiger partial charge is 0.320 e. The van der Waals surface area contributed by atoms with Gasteiger partial charge in [-0.1, -0.05) is 72.8 Å². The molecule has 6 nitrogen and oxygen atoms in total. The number of carbonyl (C=O) groups is 2. The molecule has 1 aliphatic heterocycles. The van der Waals surface area contributed by atoms with E-state index in [0.29, 0.717) is 26.2 Å². The second kappa shape index (κ2) is 10.8. The summed E-state index contributed by atoms with van der Waals surface area (Å²) in [6.07, 6.45) is 0. The van der Waals surface area contributed by atoms with Crippen molar-refractivity contribution >= 4 is 34.8 Å². The first-order chi connectivity index (χ1) is 17.7. The van der Waals surface area contributed by atoms with Crippen LogP contribution in [0.15, 0.2) is 121 Å². The summed E-state index contributed by atoms with van der Waals surface area (Å²) in [6, 6.07) is 38.4. The largest absolute Gasteiger partial charge is 0.329 e. The van der Waals surface area contributed by atoms with E-state index in [-0.39, 0.29) is 12.1 Å². The topological polar surface area (TPSA) is 47.1 Å². The Balaban J connectivity index is 1.34. The number of amides is 4. The summed E-state index contributed by atoms with van der Waals surface area (Å²) in [6.45, 7) is 1.83. The summed E-state index contributed by atoms with van der Waals surface area (Å²) in [5.41, 5.74) is 3.25. The number of hydrogen-bond acceptors (Lipinski definition) is 2. The van der Waals surface area contributed by atoms with Crippen molar-refractivity contribution in [3.05, 3.63) is 121 Å². The van der Waals surface area contributed by atoms with E-state index in [1.54, 1.807) is 9.80 Å². The van der Waals surface area contributed by atoms with Gasteiger partial charge in [0.15, 0.2) is 0 Å². The van der Waals surface area contributed by atoms with Crippen LogP contribution in [0.3, 0.4) is 0 Å². The lowest BCUT2D eigenvalue weighted by atomic mass is 10.2. The highest BCUT2D eigenvalue weighted by Gasteiger charge is 2.31. The molecule has 0 saturated carbocycles. The molecule has 0 unspecified atom stereocenters. The molecule has 1 heterocycles. The van der Waals surface area contributed by atoms with Crippen molar-refractivity contribution in [2.75, 3.05) is 36.0 Å². The van der Waals surface area contributed by atoms with Crippen LogP contribution in [0.1, 0.15) is 0 Å². The highest BCUT2D eigenvalue weighted by Crippen LogP contribution is 2.29. The first-order valence-corrected chi connectivity index (χ1v) is 12.1. The van der Waals surface area contributed by atoms with Crippen LogP contribution in [0.25, 0.3) is 0 Å². The van der Waals surface area contributed by atoms with Gasteiger partial charge < -0.3 is 9.80 Å². The van der Waals surface area contributed by atoms with Crippen molar-refractivity contribution in [1.82, 2.24) is 9.80 Å². The number of rotatable bonds is 4. The van der Waals surface area contributed by atoms with Gasteiger partial charge in [0.25, 0.3) is 0 Å².